The lowest BCUT2D eigenvalue weighted by atomic mass is 10.5. The third-order valence-electron chi connectivity index (χ3n) is 2.28. The second kappa shape index (κ2) is 5.10. The van der Waals surface area contributed by atoms with Gasteiger partial charge in [0.1, 0.15) is 16.4 Å². The van der Waals surface area contributed by atoms with Crippen LogP contribution in [0.3, 0.4) is 0 Å². The van der Waals surface area contributed by atoms with Crippen molar-refractivity contribution in [2.45, 2.75) is 23.2 Å². The van der Waals surface area contributed by atoms with Gasteiger partial charge in [0.2, 0.25) is 5.95 Å². The summed E-state index contributed by atoms with van der Waals surface area (Å²) in [5.74, 6) is 1.35. The molecule has 0 aromatic carbocycles. The Hall–Kier alpha value is -1.74. The van der Waals surface area contributed by atoms with Crippen LogP contribution < -0.4 is 5.32 Å². The van der Waals surface area contributed by atoms with Gasteiger partial charge in [0.15, 0.2) is 9.99 Å². The number of imidazole rings is 1. The molecule has 9 heteroatoms. The van der Waals surface area contributed by atoms with Crippen LogP contribution in [0.2, 0.25) is 0 Å². The quantitative estimate of drug-likeness (QED) is 0.711. The normalized spacial score (nSPS) is 11.1. The lowest BCUT2D eigenvalue weighted by Gasteiger charge is -2.03. The molecule has 3 aromatic rings. The largest absolute Gasteiger partial charge is 0.354 e. The third-order valence-corrected chi connectivity index (χ3v) is 4.11. The van der Waals surface area contributed by atoms with E-state index < -0.39 is 0 Å². The monoisotopic (exact) mass is 293 g/mol. The molecular weight excluding hydrogens is 282 g/mol. The van der Waals surface area contributed by atoms with Crippen molar-refractivity contribution in [2.24, 2.45) is 0 Å². The fraction of sp³-hybridized carbons (Fsp3) is 0.300. The van der Waals surface area contributed by atoms with Gasteiger partial charge in [0, 0.05) is 6.54 Å². The lowest BCUT2D eigenvalue weighted by molar-refractivity contribution is 1.04. The van der Waals surface area contributed by atoms with Crippen LogP contribution in [-0.4, -0.2) is 35.8 Å². The first-order valence-electron chi connectivity index (χ1n) is 5.69. The van der Waals surface area contributed by atoms with Gasteiger partial charge >= 0.3 is 0 Å². The minimum absolute atomic E-state index is 0.575. The molecule has 0 radical (unpaired) electrons. The summed E-state index contributed by atoms with van der Waals surface area (Å²) in [6.07, 6.45) is 1.62. The van der Waals surface area contributed by atoms with Gasteiger partial charge in [-0.2, -0.15) is 9.36 Å². The van der Waals surface area contributed by atoms with Crippen molar-refractivity contribution < 1.29 is 0 Å². The fourth-order valence-electron chi connectivity index (χ4n) is 1.52. The Balaban J connectivity index is 2.02. The minimum atomic E-state index is 0.575. The second-order valence-electron chi connectivity index (χ2n) is 3.69. The van der Waals surface area contributed by atoms with Crippen molar-refractivity contribution >= 4 is 40.4 Å². The van der Waals surface area contributed by atoms with Crippen LogP contribution >= 0.6 is 23.3 Å². The summed E-state index contributed by atoms with van der Waals surface area (Å²) in [5.41, 5.74) is 1.47. The molecule has 0 aliphatic heterocycles. The van der Waals surface area contributed by atoms with Crippen LogP contribution in [0.4, 0.5) is 5.95 Å². The Kier molecular flexibility index (Phi) is 3.30. The molecule has 0 saturated heterocycles. The molecule has 0 bridgehead atoms. The van der Waals surface area contributed by atoms with Crippen molar-refractivity contribution in [3.63, 3.8) is 0 Å². The molecule has 3 heterocycles. The fourth-order valence-corrected chi connectivity index (χ4v) is 3.17. The first kappa shape index (κ1) is 12.3. The molecule has 7 nitrogen and oxygen atoms in total. The molecule has 3 aromatic heterocycles. The molecule has 0 atom stereocenters. The zero-order valence-corrected chi connectivity index (χ0v) is 12.0. The maximum absolute atomic E-state index is 4.48. The number of hydrogen-bond donors (Lipinski definition) is 2. The highest BCUT2D eigenvalue weighted by molar-refractivity contribution is 8.01. The first-order chi connectivity index (χ1) is 9.26. The average molecular weight is 293 g/mol. The van der Waals surface area contributed by atoms with Crippen LogP contribution in [0.5, 0.6) is 0 Å². The zero-order chi connectivity index (χ0) is 13.2. The lowest BCUT2D eigenvalue weighted by Crippen LogP contribution is -2.03. The Labute approximate surface area is 117 Å². The molecular formula is C10H11N7S2. The molecule has 0 aliphatic rings. The Bertz CT molecular complexity index is 705. The minimum Gasteiger partial charge on any atom is -0.354 e. The highest BCUT2D eigenvalue weighted by Gasteiger charge is 2.13. The molecule has 0 fully saturated rings. The van der Waals surface area contributed by atoms with Crippen molar-refractivity contribution in [2.75, 3.05) is 11.9 Å². The molecule has 0 aliphatic carbocycles. The van der Waals surface area contributed by atoms with Crippen molar-refractivity contribution in [1.82, 2.24) is 29.3 Å². The van der Waals surface area contributed by atoms with E-state index in [1.807, 2.05) is 13.8 Å². The van der Waals surface area contributed by atoms with E-state index in [1.54, 1.807) is 6.33 Å². The number of aromatic amines is 1. The number of nitrogens with one attached hydrogen (secondary N) is 2. The predicted octanol–water partition coefficient (Wildman–Crippen LogP) is 2.10. The second-order valence-corrected chi connectivity index (χ2v) is 5.68. The number of rotatable bonds is 4. The Morgan fingerprint density at radius 2 is 2.26 bits per heavy atom. The van der Waals surface area contributed by atoms with Gasteiger partial charge in [-0.1, -0.05) is 0 Å². The average Bonchev–Trinajstić information content (AvgIpc) is 2.99. The van der Waals surface area contributed by atoms with Crippen LogP contribution in [0.25, 0.3) is 11.2 Å². The Morgan fingerprint density at radius 3 is 3.00 bits per heavy atom. The summed E-state index contributed by atoms with van der Waals surface area (Å²) in [4.78, 5) is 20.4. The van der Waals surface area contributed by atoms with Crippen molar-refractivity contribution in [3.05, 3.63) is 12.2 Å². The molecule has 0 amide bonds. The van der Waals surface area contributed by atoms with Gasteiger partial charge in [-0.25, -0.2) is 15.0 Å². The number of hydrogen-bond acceptors (Lipinski definition) is 8. The van der Waals surface area contributed by atoms with E-state index in [-0.39, 0.29) is 0 Å². The van der Waals surface area contributed by atoms with E-state index in [0.29, 0.717) is 11.6 Å². The van der Waals surface area contributed by atoms with Gasteiger partial charge < -0.3 is 10.3 Å². The summed E-state index contributed by atoms with van der Waals surface area (Å²) < 4.78 is 5.02. The summed E-state index contributed by atoms with van der Waals surface area (Å²) in [7, 11) is 0. The predicted molar refractivity (Wildman–Crippen MR) is 74.6 cm³/mol. The highest BCUT2D eigenvalue weighted by atomic mass is 32.2. The molecule has 19 heavy (non-hydrogen) atoms. The number of nitrogens with zero attached hydrogens (tertiary/aromatic N) is 5. The molecule has 0 spiro atoms. The zero-order valence-electron chi connectivity index (χ0n) is 10.3. The number of aryl methyl sites for hydroxylation is 1. The molecule has 98 valence electrons. The van der Waals surface area contributed by atoms with Gasteiger partial charge in [0.25, 0.3) is 0 Å². The van der Waals surface area contributed by atoms with E-state index in [1.165, 1.54) is 23.3 Å². The number of H-pyrrole nitrogens is 1. The van der Waals surface area contributed by atoms with Crippen molar-refractivity contribution in [3.8, 4) is 0 Å². The maximum Gasteiger partial charge on any atom is 0.225 e. The van der Waals surface area contributed by atoms with Gasteiger partial charge in [0.05, 0.1) is 6.33 Å². The van der Waals surface area contributed by atoms with Gasteiger partial charge in [-0.15, -0.1) is 0 Å². The summed E-state index contributed by atoms with van der Waals surface area (Å²) in [5, 5.41) is 3.90. The smallest absolute Gasteiger partial charge is 0.225 e. The van der Waals surface area contributed by atoms with Gasteiger partial charge in [-0.3, -0.25) is 0 Å². The summed E-state index contributed by atoms with van der Waals surface area (Å²) >= 11 is 2.83. The molecule has 0 saturated carbocycles. The number of anilines is 1. The molecule has 0 unspecified atom stereocenters. The van der Waals surface area contributed by atoms with E-state index in [0.717, 1.165) is 27.3 Å². The number of fused-ring (bicyclic) bond motifs is 1. The van der Waals surface area contributed by atoms with Crippen LogP contribution in [0, 0.1) is 6.92 Å². The van der Waals surface area contributed by atoms with Crippen molar-refractivity contribution in [1.29, 1.82) is 0 Å². The van der Waals surface area contributed by atoms with Crippen LogP contribution in [0.1, 0.15) is 12.7 Å². The summed E-state index contributed by atoms with van der Waals surface area (Å²) in [6.45, 7) is 4.63. The van der Waals surface area contributed by atoms with E-state index in [4.69, 9.17) is 0 Å². The van der Waals surface area contributed by atoms with Gasteiger partial charge in [-0.05, 0) is 37.1 Å². The SMILES string of the molecule is CCNc1nc(Sc2nc(C)ns2)c2[nH]cnc2n1. The maximum atomic E-state index is 4.48. The highest BCUT2D eigenvalue weighted by Crippen LogP contribution is 2.31. The topological polar surface area (TPSA) is 92.3 Å². The summed E-state index contributed by atoms with van der Waals surface area (Å²) in [6, 6.07) is 0. The van der Waals surface area contributed by atoms with Crippen LogP contribution in [0.15, 0.2) is 15.7 Å². The standard InChI is InChI=1S/C10H11N7S2/c1-3-11-9-15-7-6(12-4-13-7)8(16-9)18-10-14-5(2)17-19-10/h4H,3H2,1-2H3,(H2,11,12,13,15,16). The Morgan fingerprint density at radius 1 is 1.37 bits per heavy atom. The van der Waals surface area contributed by atoms with E-state index in [2.05, 4.69) is 34.6 Å². The third kappa shape index (κ3) is 2.51. The van der Waals surface area contributed by atoms with Crippen LogP contribution in [-0.2, 0) is 0 Å². The first-order valence-corrected chi connectivity index (χ1v) is 7.28. The molecule has 2 N–H and O–H groups in total. The van der Waals surface area contributed by atoms with E-state index in [9.17, 15) is 0 Å². The van der Waals surface area contributed by atoms with E-state index >= 15 is 0 Å². The molecule has 3 rings (SSSR count). The number of aromatic nitrogens is 6.